The Morgan fingerprint density at radius 2 is 1.71 bits per heavy atom. The lowest BCUT2D eigenvalue weighted by Gasteiger charge is -2.03. The summed E-state index contributed by atoms with van der Waals surface area (Å²) in [5, 5.41) is 1.48. The van der Waals surface area contributed by atoms with Crippen LogP contribution in [0.4, 0.5) is 4.39 Å². The van der Waals surface area contributed by atoms with E-state index >= 15 is 0 Å². The van der Waals surface area contributed by atoms with Crippen LogP contribution in [-0.2, 0) is 0 Å². The standard InChI is InChI=1S/C11H6BrFO/c12-10-6-5-9(11(13)14)7-3-1-2-4-8(7)10/h1-6H. The number of rotatable bonds is 1. The Bertz CT molecular complexity index is 508. The van der Waals surface area contributed by atoms with Crippen LogP contribution in [0.2, 0.25) is 0 Å². The number of hydrogen-bond donors (Lipinski definition) is 0. The minimum absolute atomic E-state index is 0.115. The molecule has 70 valence electrons. The van der Waals surface area contributed by atoms with Crippen molar-refractivity contribution in [2.75, 3.05) is 0 Å². The first kappa shape index (κ1) is 9.34. The maximum Gasteiger partial charge on any atom is 0.332 e. The second-order valence-electron chi connectivity index (χ2n) is 2.91. The molecule has 0 aliphatic heterocycles. The van der Waals surface area contributed by atoms with Crippen molar-refractivity contribution < 1.29 is 9.18 Å². The van der Waals surface area contributed by atoms with E-state index in [1.165, 1.54) is 6.07 Å². The maximum absolute atomic E-state index is 12.6. The van der Waals surface area contributed by atoms with Gasteiger partial charge in [-0.3, -0.25) is 4.79 Å². The molecular formula is C11H6BrFO. The molecule has 1 nitrogen and oxygen atoms in total. The highest BCUT2D eigenvalue weighted by Crippen LogP contribution is 2.27. The third kappa shape index (κ3) is 1.44. The summed E-state index contributed by atoms with van der Waals surface area (Å²) in [6.45, 7) is 0. The number of carbonyl (C=O) groups excluding carboxylic acids is 1. The third-order valence-corrected chi connectivity index (χ3v) is 2.77. The van der Waals surface area contributed by atoms with Gasteiger partial charge in [-0.2, -0.15) is 4.39 Å². The minimum atomic E-state index is -1.39. The van der Waals surface area contributed by atoms with Gasteiger partial charge >= 0.3 is 6.04 Å². The molecule has 0 amide bonds. The molecule has 0 atom stereocenters. The predicted molar refractivity (Wildman–Crippen MR) is 57.1 cm³/mol. The quantitative estimate of drug-likeness (QED) is 0.708. The molecule has 0 radical (unpaired) electrons. The number of hydrogen-bond acceptors (Lipinski definition) is 1. The average Bonchev–Trinajstić information content (AvgIpc) is 2.18. The summed E-state index contributed by atoms with van der Waals surface area (Å²) in [4.78, 5) is 10.7. The Kier molecular flexibility index (Phi) is 2.33. The molecule has 0 aliphatic carbocycles. The molecule has 0 bridgehead atoms. The molecule has 0 heterocycles. The van der Waals surface area contributed by atoms with E-state index < -0.39 is 6.04 Å². The van der Waals surface area contributed by atoms with Gasteiger partial charge in [-0.15, -0.1) is 0 Å². The first-order valence-electron chi connectivity index (χ1n) is 4.07. The first-order valence-corrected chi connectivity index (χ1v) is 4.86. The molecule has 0 saturated carbocycles. The molecule has 0 aromatic heterocycles. The molecule has 0 spiro atoms. The van der Waals surface area contributed by atoms with Crippen LogP contribution < -0.4 is 0 Å². The Balaban J connectivity index is 2.88. The van der Waals surface area contributed by atoms with Crippen molar-refractivity contribution in [3.63, 3.8) is 0 Å². The molecule has 0 N–H and O–H groups in total. The van der Waals surface area contributed by atoms with E-state index in [-0.39, 0.29) is 5.56 Å². The van der Waals surface area contributed by atoms with E-state index in [9.17, 15) is 9.18 Å². The average molecular weight is 253 g/mol. The highest BCUT2D eigenvalue weighted by atomic mass is 79.9. The molecule has 2 aromatic rings. The molecule has 0 unspecified atom stereocenters. The molecule has 3 heteroatoms. The van der Waals surface area contributed by atoms with Crippen molar-refractivity contribution in [3.8, 4) is 0 Å². The van der Waals surface area contributed by atoms with E-state index in [1.807, 2.05) is 12.1 Å². The zero-order valence-electron chi connectivity index (χ0n) is 7.13. The topological polar surface area (TPSA) is 17.1 Å². The van der Waals surface area contributed by atoms with Crippen LogP contribution >= 0.6 is 15.9 Å². The largest absolute Gasteiger partial charge is 0.332 e. The van der Waals surface area contributed by atoms with Gasteiger partial charge in [0.1, 0.15) is 0 Å². The smallest absolute Gasteiger partial charge is 0.255 e. The van der Waals surface area contributed by atoms with Gasteiger partial charge in [-0.1, -0.05) is 40.2 Å². The molecule has 14 heavy (non-hydrogen) atoms. The summed E-state index contributed by atoms with van der Waals surface area (Å²) >= 11 is 3.35. The molecular weight excluding hydrogens is 247 g/mol. The van der Waals surface area contributed by atoms with Crippen LogP contribution in [0.25, 0.3) is 10.8 Å². The lowest BCUT2D eigenvalue weighted by Crippen LogP contribution is -1.91. The van der Waals surface area contributed by atoms with Crippen LogP contribution in [0.5, 0.6) is 0 Å². The zero-order valence-corrected chi connectivity index (χ0v) is 8.71. The summed E-state index contributed by atoms with van der Waals surface area (Å²) < 4.78 is 13.5. The highest BCUT2D eigenvalue weighted by Gasteiger charge is 2.09. The predicted octanol–water partition coefficient (Wildman–Crippen LogP) is 3.71. The Labute approximate surface area is 88.7 Å². The monoisotopic (exact) mass is 252 g/mol. The van der Waals surface area contributed by atoms with Gasteiger partial charge in [0.05, 0.1) is 5.56 Å². The number of benzene rings is 2. The van der Waals surface area contributed by atoms with Crippen molar-refractivity contribution >= 4 is 32.7 Å². The van der Waals surface area contributed by atoms with E-state index in [0.717, 1.165) is 9.86 Å². The van der Waals surface area contributed by atoms with Crippen molar-refractivity contribution in [2.24, 2.45) is 0 Å². The SMILES string of the molecule is O=C(F)c1ccc(Br)c2ccccc12. The van der Waals surface area contributed by atoms with E-state index in [4.69, 9.17) is 0 Å². The second kappa shape index (κ2) is 3.50. The molecule has 0 fully saturated rings. The van der Waals surface area contributed by atoms with Crippen LogP contribution in [0.3, 0.4) is 0 Å². The van der Waals surface area contributed by atoms with Gasteiger partial charge in [-0.25, -0.2) is 0 Å². The lowest BCUT2D eigenvalue weighted by atomic mass is 10.1. The van der Waals surface area contributed by atoms with Gasteiger partial charge in [0, 0.05) is 4.47 Å². The van der Waals surface area contributed by atoms with Gasteiger partial charge < -0.3 is 0 Å². The first-order chi connectivity index (χ1) is 6.70. The zero-order chi connectivity index (χ0) is 10.1. The second-order valence-corrected chi connectivity index (χ2v) is 3.77. The van der Waals surface area contributed by atoms with Crippen LogP contribution in [-0.4, -0.2) is 6.04 Å². The Morgan fingerprint density at radius 1 is 1.07 bits per heavy atom. The van der Waals surface area contributed by atoms with Crippen LogP contribution in [0.15, 0.2) is 40.9 Å². The van der Waals surface area contributed by atoms with Gasteiger partial charge in [0.25, 0.3) is 0 Å². The van der Waals surface area contributed by atoms with Crippen molar-refractivity contribution in [1.82, 2.24) is 0 Å². The molecule has 2 rings (SSSR count). The third-order valence-electron chi connectivity index (χ3n) is 2.08. The molecule has 0 saturated heterocycles. The highest BCUT2D eigenvalue weighted by molar-refractivity contribution is 9.10. The van der Waals surface area contributed by atoms with Crippen molar-refractivity contribution in [3.05, 3.63) is 46.4 Å². The fourth-order valence-electron chi connectivity index (χ4n) is 1.43. The van der Waals surface area contributed by atoms with E-state index in [2.05, 4.69) is 15.9 Å². The summed E-state index contributed by atoms with van der Waals surface area (Å²) in [7, 11) is 0. The van der Waals surface area contributed by atoms with E-state index in [0.29, 0.717) is 5.39 Å². The lowest BCUT2D eigenvalue weighted by molar-refractivity contribution is 0.0838. The summed E-state index contributed by atoms with van der Waals surface area (Å²) in [5.41, 5.74) is 0.115. The van der Waals surface area contributed by atoms with Gasteiger partial charge in [0.2, 0.25) is 0 Å². The Hall–Kier alpha value is -1.22. The number of halogens is 2. The fraction of sp³-hybridized carbons (Fsp3) is 0. The van der Waals surface area contributed by atoms with Crippen LogP contribution in [0.1, 0.15) is 10.4 Å². The summed E-state index contributed by atoms with van der Waals surface area (Å²) in [6, 6.07) is 8.96. The maximum atomic E-state index is 12.6. The van der Waals surface area contributed by atoms with Gasteiger partial charge in [0.15, 0.2) is 0 Å². The normalized spacial score (nSPS) is 10.4. The van der Waals surface area contributed by atoms with Crippen LogP contribution in [0, 0.1) is 0 Å². The fourth-order valence-corrected chi connectivity index (χ4v) is 1.91. The summed E-state index contributed by atoms with van der Waals surface area (Å²) in [6.07, 6.45) is 0. The van der Waals surface area contributed by atoms with E-state index in [1.54, 1.807) is 18.2 Å². The number of carbonyl (C=O) groups is 1. The summed E-state index contributed by atoms with van der Waals surface area (Å²) in [5.74, 6) is 0. The van der Waals surface area contributed by atoms with Gasteiger partial charge in [-0.05, 0) is 22.9 Å². The Morgan fingerprint density at radius 3 is 2.36 bits per heavy atom. The van der Waals surface area contributed by atoms with Crippen molar-refractivity contribution in [1.29, 1.82) is 0 Å². The molecule has 0 aliphatic rings. The minimum Gasteiger partial charge on any atom is -0.255 e. The molecule has 2 aromatic carbocycles. The van der Waals surface area contributed by atoms with Crippen molar-refractivity contribution in [2.45, 2.75) is 0 Å². The number of fused-ring (bicyclic) bond motifs is 1.